The lowest BCUT2D eigenvalue weighted by Gasteiger charge is -1.80. The Balaban J connectivity index is 2.99. The highest BCUT2D eigenvalue weighted by molar-refractivity contribution is 5.90. The Kier molecular flexibility index (Phi) is 1.67. The summed E-state index contributed by atoms with van der Waals surface area (Å²) >= 11 is 0. The number of ketones is 1. The molecule has 0 spiro atoms. The maximum Gasteiger partial charge on any atom is 0.393 e. The lowest BCUT2D eigenvalue weighted by Crippen LogP contribution is -1.95. The van der Waals surface area contributed by atoms with E-state index < -0.39 is 17.6 Å². The fourth-order valence-electron chi connectivity index (χ4n) is 0.452. The first-order chi connectivity index (χ1) is 5.11. The number of carboxylic acids is 1. The summed E-state index contributed by atoms with van der Waals surface area (Å²) in [6, 6.07) is 0. The van der Waals surface area contributed by atoms with Gasteiger partial charge in [0.1, 0.15) is 0 Å². The molecule has 0 bridgehead atoms. The summed E-state index contributed by atoms with van der Waals surface area (Å²) in [5.74, 6) is -2.66. The van der Waals surface area contributed by atoms with Crippen molar-refractivity contribution >= 4 is 11.8 Å². The van der Waals surface area contributed by atoms with Crippen LogP contribution in [-0.4, -0.2) is 27.1 Å². The number of hydrogen-bond acceptors (Lipinski definition) is 5. The fraction of sp³-hybridized carbons (Fsp3) is 0.200. The topological polar surface area (TPSA) is 93.3 Å². The number of hydrogen-bond donors (Lipinski definition) is 1. The number of rotatable bonds is 2. The summed E-state index contributed by atoms with van der Waals surface area (Å²) in [7, 11) is 0. The number of carbonyl (C=O) groups is 2. The Bertz CT molecular complexity index is 275. The van der Waals surface area contributed by atoms with E-state index in [0.29, 0.717) is 0 Å². The fourth-order valence-corrected chi connectivity index (χ4v) is 0.452. The van der Waals surface area contributed by atoms with Gasteiger partial charge in [0, 0.05) is 6.92 Å². The molecule has 0 saturated heterocycles. The molecule has 6 nitrogen and oxygen atoms in total. The molecule has 0 fully saturated rings. The average Bonchev–Trinajstić information content (AvgIpc) is 2.33. The molecular weight excluding hydrogens is 152 g/mol. The molecule has 0 aliphatic heterocycles. The van der Waals surface area contributed by atoms with Gasteiger partial charge in [-0.2, -0.15) is 0 Å². The summed E-state index contributed by atoms with van der Waals surface area (Å²) in [5.41, 5.74) is 0. The Morgan fingerprint density at radius 1 is 1.36 bits per heavy atom. The van der Waals surface area contributed by atoms with Gasteiger partial charge in [-0.1, -0.05) is 0 Å². The summed E-state index contributed by atoms with van der Waals surface area (Å²) in [4.78, 5) is 20.6. The van der Waals surface area contributed by atoms with Gasteiger partial charge < -0.3 is 9.52 Å². The molecule has 0 amide bonds. The van der Waals surface area contributed by atoms with E-state index >= 15 is 0 Å². The molecule has 0 saturated carbocycles. The van der Waals surface area contributed by atoms with E-state index in [-0.39, 0.29) is 5.89 Å². The van der Waals surface area contributed by atoms with Crippen LogP contribution in [0.3, 0.4) is 0 Å². The van der Waals surface area contributed by atoms with E-state index in [1.807, 2.05) is 0 Å². The Morgan fingerprint density at radius 3 is 2.18 bits per heavy atom. The van der Waals surface area contributed by atoms with Crippen molar-refractivity contribution < 1.29 is 19.1 Å². The molecule has 0 aromatic carbocycles. The van der Waals surface area contributed by atoms with Crippen LogP contribution >= 0.6 is 0 Å². The molecule has 1 N–H and O–H groups in total. The summed E-state index contributed by atoms with van der Waals surface area (Å²) in [6.45, 7) is 1.21. The van der Waals surface area contributed by atoms with Crippen LogP contribution in [0.4, 0.5) is 0 Å². The second kappa shape index (κ2) is 2.49. The van der Waals surface area contributed by atoms with Crippen molar-refractivity contribution in [1.82, 2.24) is 10.2 Å². The van der Waals surface area contributed by atoms with E-state index in [9.17, 15) is 9.59 Å². The van der Waals surface area contributed by atoms with Gasteiger partial charge >= 0.3 is 11.9 Å². The van der Waals surface area contributed by atoms with Crippen LogP contribution in [0, 0.1) is 0 Å². The highest BCUT2D eigenvalue weighted by atomic mass is 16.4. The zero-order chi connectivity index (χ0) is 8.43. The third-order valence-electron chi connectivity index (χ3n) is 0.909. The quantitative estimate of drug-likeness (QED) is 0.604. The van der Waals surface area contributed by atoms with Gasteiger partial charge in [-0.25, -0.2) is 4.79 Å². The Morgan fingerprint density at radius 2 is 1.91 bits per heavy atom. The zero-order valence-electron chi connectivity index (χ0n) is 5.57. The van der Waals surface area contributed by atoms with E-state index in [4.69, 9.17) is 5.11 Å². The van der Waals surface area contributed by atoms with Crippen molar-refractivity contribution in [3.8, 4) is 0 Å². The summed E-state index contributed by atoms with van der Waals surface area (Å²) in [5, 5.41) is 14.6. The van der Waals surface area contributed by atoms with Crippen molar-refractivity contribution in [3.63, 3.8) is 0 Å². The van der Waals surface area contributed by atoms with Crippen LogP contribution in [0.25, 0.3) is 0 Å². The third-order valence-corrected chi connectivity index (χ3v) is 0.909. The van der Waals surface area contributed by atoms with E-state index in [0.717, 1.165) is 0 Å². The van der Waals surface area contributed by atoms with Crippen LogP contribution in [0.5, 0.6) is 0 Å². The van der Waals surface area contributed by atoms with Gasteiger partial charge in [-0.15, -0.1) is 10.2 Å². The van der Waals surface area contributed by atoms with E-state index in [1.54, 1.807) is 0 Å². The number of nitrogens with zero attached hydrogens (tertiary/aromatic N) is 2. The predicted octanol–water partition coefficient (Wildman–Crippen LogP) is -0.0296. The molecule has 0 unspecified atom stereocenters. The lowest BCUT2D eigenvalue weighted by atomic mass is 10.5. The van der Waals surface area contributed by atoms with Crippen molar-refractivity contribution in [2.75, 3.05) is 0 Å². The number of Topliss-reactive ketones (excluding diaryl/α,β-unsaturated/α-hetero) is 1. The third kappa shape index (κ3) is 1.40. The van der Waals surface area contributed by atoms with Gasteiger partial charge in [0.05, 0.1) is 0 Å². The zero-order valence-corrected chi connectivity index (χ0v) is 5.57. The molecule has 1 aromatic rings. The van der Waals surface area contributed by atoms with Crippen LogP contribution in [-0.2, 0) is 0 Å². The van der Waals surface area contributed by atoms with Crippen LogP contribution in [0.15, 0.2) is 4.42 Å². The van der Waals surface area contributed by atoms with Crippen LogP contribution < -0.4 is 0 Å². The number of aromatic nitrogens is 2. The maximum atomic E-state index is 10.5. The molecular formula is C5H4N2O4. The van der Waals surface area contributed by atoms with Crippen molar-refractivity contribution in [1.29, 1.82) is 0 Å². The van der Waals surface area contributed by atoms with E-state index in [1.165, 1.54) is 6.92 Å². The minimum atomic E-state index is -1.34. The molecule has 58 valence electrons. The Hall–Kier alpha value is -1.72. The SMILES string of the molecule is CC(=O)c1nnc(C(=O)O)o1. The number of carboxylic acid groups (broad SMARTS) is 1. The summed E-state index contributed by atoms with van der Waals surface area (Å²) in [6.07, 6.45) is 0. The second-order valence-corrected chi connectivity index (χ2v) is 1.77. The Labute approximate surface area is 60.8 Å². The van der Waals surface area contributed by atoms with Crippen molar-refractivity contribution in [2.45, 2.75) is 6.92 Å². The minimum absolute atomic E-state index is 0.289. The summed E-state index contributed by atoms with van der Waals surface area (Å²) < 4.78 is 4.44. The second-order valence-electron chi connectivity index (χ2n) is 1.77. The first-order valence-corrected chi connectivity index (χ1v) is 2.69. The lowest BCUT2D eigenvalue weighted by molar-refractivity contribution is 0.0651. The smallest absolute Gasteiger partial charge is 0.393 e. The van der Waals surface area contributed by atoms with Gasteiger partial charge in [-0.3, -0.25) is 4.79 Å². The molecule has 11 heavy (non-hydrogen) atoms. The largest absolute Gasteiger partial charge is 0.474 e. The van der Waals surface area contributed by atoms with Crippen molar-refractivity contribution in [2.24, 2.45) is 0 Å². The van der Waals surface area contributed by atoms with Crippen molar-refractivity contribution in [3.05, 3.63) is 11.8 Å². The molecule has 1 aromatic heterocycles. The minimum Gasteiger partial charge on any atom is -0.474 e. The highest BCUT2D eigenvalue weighted by Gasteiger charge is 2.14. The number of carbonyl (C=O) groups excluding carboxylic acids is 1. The van der Waals surface area contributed by atoms with Gasteiger partial charge in [0.2, 0.25) is 5.78 Å². The standard InChI is InChI=1S/C5H4N2O4/c1-2(8)3-6-7-4(11-3)5(9)10/h1H3,(H,9,10). The molecule has 1 heterocycles. The molecule has 0 radical (unpaired) electrons. The number of aromatic carboxylic acids is 1. The van der Waals surface area contributed by atoms with Gasteiger partial charge in [0.25, 0.3) is 5.89 Å². The first-order valence-electron chi connectivity index (χ1n) is 2.69. The molecule has 1 rings (SSSR count). The van der Waals surface area contributed by atoms with Gasteiger partial charge in [0.15, 0.2) is 0 Å². The molecule has 0 aliphatic rings. The molecule has 6 heteroatoms. The van der Waals surface area contributed by atoms with Crippen LogP contribution in [0.2, 0.25) is 0 Å². The normalized spacial score (nSPS) is 9.55. The van der Waals surface area contributed by atoms with Gasteiger partial charge in [-0.05, 0) is 0 Å². The molecule has 0 atom stereocenters. The van der Waals surface area contributed by atoms with Crippen LogP contribution in [0.1, 0.15) is 28.3 Å². The highest BCUT2D eigenvalue weighted by Crippen LogP contribution is 1.99. The monoisotopic (exact) mass is 156 g/mol. The maximum absolute atomic E-state index is 10.5. The predicted molar refractivity (Wildman–Crippen MR) is 31.3 cm³/mol. The molecule has 0 aliphatic carbocycles. The van der Waals surface area contributed by atoms with E-state index in [2.05, 4.69) is 14.6 Å². The average molecular weight is 156 g/mol. The first kappa shape index (κ1) is 7.39.